The van der Waals surface area contributed by atoms with Crippen LogP contribution >= 0.6 is 0 Å². The molecule has 70 heavy (non-hydrogen) atoms. The number of hydrogen-bond donors (Lipinski definition) is 6. The Morgan fingerprint density at radius 2 is 0.971 bits per heavy atom. The molecule has 1 heterocycles. The van der Waals surface area contributed by atoms with Gasteiger partial charge in [-0.25, -0.2) is 0 Å². The van der Waals surface area contributed by atoms with Crippen LogP contribution < -0.4 is 5.32 Å². The summed E-state index contributed by atoms with van der Waals surface area (Å²) in [6, 6.07) is -0.844. The summed E-state index contributed by atoms with van der Waals surface area (Å²) in [5.74, 6) is -0.265. The topological polar surface area (TPSA) is 175 Å². The van der Waals surface area contributed by atoms with E-state index in [0.717, 1.165) is 103 Å². The number of esters is 1. The van der Waals surface area contributed by atoms with Crippen molar-refractivity contribution in [3.8, 4) is 0 Å². The van der Waals surface area contributed by atoms with Crippen molar-refractivity contribution in [1.29, 1.82) is 0 Å². The molecule has 1 fully saturated rings. The molecule has 1 rings (SSSR count). The molecule has 7 atom stereocenters. The lowest BCUT2D eigenvalue weighted by molar-refractivity contribution is -0.302. The normalized spacial score (nSPS) is 19.7. The number of aliphatic hydroxyl groups is 5. The number of aliphatic hydroxyl groups excluding tert-OH is 5. The molecule has 0 aromatic heterocycles. The van der Waals surface area contributed by atoms with E-state index in [1.54, 1.807) is 6.08 Å². The van der Waals surface area contributed by atoms with Gasteiger partial charge in [0.1, 0.15) is 24.4 Å². The number of rotatable bonds is 48. The highest BCUT2D eigenvalue weighted by Gasteiger charge is 2.44. The van der Waals surface area contributed by atoms with E-state index < -0.39 is 49.5 Å². The highest BCUT2D eigenvalue weighted by Crippen LogP contribution is 2.23. The molecule has 6 N–H and O–H groups in total. The summed E-state index contributed by atoms with van der Waals surface area (Å²) in [6.07, 6.45) is 51.8. The smallest absolute Gasteiger partial charge is 0.305 e. The average Bonchev–Trinajstić information content (AvgIpc) is 3.36. The monoisotopic (exact) mass is 988 g/mol. The van der Waals surface area contributed by atoms with Gasteiger partial charge in [0.15, 0.2) is 6.29 Å². The maximum absolute atomic E-state index is 13.0. The average molecular weight is 988 g/mol. The molecule has 0 aromatic rings. The van der Waals surface area contributed by atoms with Crippen LogP contribution in [0.5, 0.6) is 0 Å². The molecule has 0 spiro atoms. The van der Waals surface area contributed by atoms with Crippen molar-refractivity contribution in [3.05, 3.63) is 60.8 Å². The van der Waals surface area contributed by atoms with E-state index in [1.807, 2.05) is 6.08 Å². The SMILES string of the molecule is CCCCC/C=C/CC/C=C/C(O)C(COC1OC(CO)C(O)C(O)C1O)NC(=O)CCCCCCCC/C=C\C=C/CCCCCOC(=O)CCCCCCCCC/C=C\CCCCCCCCC. The van der Waals surface area contributed by atoms with E-state index in [9.17, 15) is 35.1 Å². The number of carbonyl (C=O) groups excluding carboxylic acids is 2. The third-order valence-corrected chi connectivity index (χ3v) is 13.1. The molecular weight excluding hydrogens is 883 g/mol. The van der Waals surface area contributed by atoms with Gasteiger partial charge in [-0.2, -0.15) is 0 Å². The summed E-state index contributed by atoms with van der Waals surface area (Å²) in [5.41, 5.74) is 0. The van der Waals surface area contributed by atoms with Crippen LogP contribution in [0.15, 0.2) is 60.8 Å². The summed E-state index contributed by atoms with van der Waals surface area (Å²) < 4.78 is 16.6. The highest BCUT2D eigenvalue weighted by atomic mass is 16.7. The second-order valence-corrected chi connectivity index (χ2v) is 19.6. The van der Waals surface area contributed by atoms with Gasteiger partial charge in [0.2, 0.25) is 5.91 Å². The van der Waals surface area contributed by atoms with Crippen LogP contribution in [0.4, 0.5) is 0 Å². The van der Waals surface area contributed by atoms with E-state index in [4.69, 9.17) is 14.2 Å². The Bertz CT molecular complexity index is 1350. The molecule has 1 aliphatic heterocycles. The van der Waals surface area contributed by atoms with Crippen LogP contribution in [0.3, 0.4) is 0 Å². The molecule has 11 heteroatoms. The summed E-state index contributed by atoms with van der Waals surface area (Å²) in [4.78, 5) is 25.1. The van der Waals surface area contributed by atoms with Gasteiger partial charge in [0.05, 0.1) is 32.0 Å². The number of nitrogens with one attached hydrogen (secondary N) is 1. The summed E-state index contributed by atoms with van der Waals surface area (Å²) >= 11 is 0. The summed E-state index contributed by atoms with van der Waals surface area (Å²) in [5, 5.41) is 54.1. The first-order chi connectivity index (χ1) is 34.2. The third-order valence-electron chi connectivity index (χ3n) is 13.1. The lowest BCUT2D eigenvalue weighted by atomic mass is 9.99. The van der Waals surface area contributed by atoms with Gasteiger partial charge in [-0.15, -0.1) is 0 Å². The Labute approximate surface area is 427 Å². The molecule has 11 nitrogen and oxygen atoms in total. The zero-order valence-electron chi connectivity index (χ0n) is 44.5. The fourth-order valence-corrected chi connectivity index (χ4v) is 8.49. The van der Waals surface area contributed by atoms with Crippen molar-refractivity contribution in [2.75, 3.05) is 19.8 Å². The highest BCUT2D eigenvalue weighted by molar-refractivity contribution is 5.76. The van der Waals surface area contributed by atoms with Crippen LogP contribution in [0.2, 0.25) is 0 Å². The minimum absolute atomic E-state index is 0.0459. The van der Waals surface area contributed by atoms with Gasteiger partial charge in [-0.1, -0.05) is 184 Å². The van der Waals surface area contributed by atoms with Crippen molar-refractivity contribution >= 4 is 11.9 Å². The van der Waals surface area contributed by atoms with Crippen molar-refractivity contribution < 1.29 is 49.3 Å². The summed E-state index contributed by atoms with van der Waals surface area (Å²) in [7, 11) is 0. The lowest BCUT2D eigenvalue weighted by Crippen LogP contribution is -2.60. The van der Waals surface area contributed by atoms with Gasteiger partial charge in [-0.3, -0.25) is 9.59 Å². The van der Waals surface area contributed by atoms with Gasteiger partial charge >= 0.3 is 5.97 Å². The first-order valence-corrected chi connectivity index (χ1v) is 28.6. The second kappa shape index (κ2) is 48.6. The number of carbonyl (C=O) groups is 2. The van der Waals surface area contributed by atoms with Gasteiger partial charge in [-0.05, 0) is 103 Å². The molecule has 0 bridgehead atoms. The zero-order chi connectivity index (χ0) is 51.0. The zero-order valence-corrected chi connectivity index (χ0v) is 44.5. The van der Waals surface area contributed by atoms with Crippen LogP contribution in [0.25, 0.3) is 0 Å². The van der Waals surface area contributed by atoms with Crippen LogP contribution in [-0.2, 0) is 23.8 Å². The number of ether oxygens (including phenoxy) is 3. The number of allylic oxidation sites excluding steroid dienone is 9. The Kier molecular flexibility index (Phi) is 45.4. The first-order valence-electron chi connectivity index (χ1n) is 28.6. The maximum Gasteiger partial charge on any atom is 0.305 e. The standard InChI is InChI=1S/C59H105NO10/c1-3-5-7-9-11-13-14-15-16-17-18-21-24-27-31-35-39-43-47-55(64)68-48-44-40-36-32-28-25-22-19-20-23-26-30-34-38-42-46-54(63)60-51(52(62)45-41-37-33-29-12-10-8-6-4-2)50-69-59-58(67)57(66)56(65)53(49-61)70-59/h12,16-17,19,22,25,28-29,41,45,51-53,56-59,61-62,65-67H,3-11,13-15,18,20-21,23-24,26-27,30-40,42-44,46-50H2,1-2H3,(H,60,63)/b17-16-,22-19-,28-25-,29-12+,45-41+. The van der Waals surface area contributed by atoms with E-state index in [-0.39, 0.29) is 18.5 Å². The Balaban J connectivity index is 2.09. The van der Waals surface area contributed by atoms with Crippen LogP contribution in [0, 0.1) is 0 Å². The van der Waals surface area contributed by atoms with Crippen LogP contribution in [0.1, 0.15) is 239 Å². The van der Waals surface area contributed by atoms with E-state index in [1.165, 1.54) is 109 Å². The van der Waals surface area contributed by atoms with Gasteiger partial charge < -0.3 is 45.1 Å². The van der Waals surface area contributed by atoms with Crippen molar-refractivity contribution in [3.63, 3.8) is 0 Å². The molecule has 1 saturated heterocycles. The largest absolute Gasteiger partial charge is 0.466 e. The maximum atomic E-state index is 13.0. The number of unbranched alkanes of at least 4 members (excludes halogenated alkanes) is 27. The van der Waals surface area contributed by atoms with E-state index >= 15 is 0 Å². The van der Waals surface area contributed by atoms with Gasteiger partial charge in [0, 0.05) is 12.8 Å². The molecule has 0 aliphatic carbocycles. The molecule has 0 radical (unpaired) electrons. The fourth-order valence-electron chi connectivity index (χ4n) is 8.49. The second-order valence-electron chi connectivity index (χ2n) is 19.6. The Hall–Kier alpha value is -2.64. The Morgan fingerprint density at radius 1 is 0.529 bits per heavy atom. The number of hydrogen-bond acceptors (Lipinski definition) is 10. The number of amides is 1. The van der Waals surface area contributed by atoms with Crippen LogP contribution in [-0.4, -0.2) is 100 Å². The molecule has 0 aromatic carbocycles. The lowest BCUT2D eigenvalue weighted by Gasteiger charge is -2.40. The Morgan fingerprint density at radius 3 is 1.53 bits per heavy atom. The molecule has 406 valence electrons. The quantitative estimate of drug-likeness (QED) is 0.0149. The molecule has 1 aliphatic rings. The minimum atomic E-state index is -1.59. The molecule has 7 unspecified atom stereocenters. The van der Waals surface area contributed by atoms with E-state index in [0.29, 0.717) is 19.4 Å². The van der Waals surface area contributed by atoms with Gasteiger partial charge in [0.25, 0.3) is 0 Å². The predicted octanol–water partition coefficient (Wildman–Crippen LogP) is 12.7. The van der Waals surface area contributed by atoms with Crippen molar-refractivity contribution in [1.82, 2.24) is 5.32 Å². The third kappa shape index (κ3) is 38.0. The first kappa shape index (κ1) is 65.4. The summed E-state index contributed by atoms with van der Waals surface area (Å²) in [6.45, 7) is 4.18. The van der Waals surface area contributed by atoms with E-state index in [2.05, 4.69) is 67.8 Å². The molecule has 1 amide bonds. The van der Waals surface area contributed by atoms with Crippen molar-refractivity contribution in [2.24, 2.45) is 0 Å². The minimum Gasteiger partial charge on any atom is -0.466 e. The fraction of sp³-hybridized carbons (Fsp3) is 0.797. The predicted molar refractivity (Wildman–Crippen MR) is 287 cm³/mol. The molecule has 0 saturated carbocycles. The molecular formula is C59H105NO10. The van der Waals surface area contributed by atoms with Crippen molar-refractivity contribution in [2.45, 2.75) is 281 Å².